The van der Waals surface area contributed by atoms with Crippen LogP contribution in [0.15, 0.2) is 48.7 Å². The number of rotatable bonds is 5. The number of hydrogen-bond donors (Lipinski definition) is 3. The van der Waals surface area contributed by atoms with Crippen molar-refractivity contribution in [2.75, 3.05) is 23.7 Å². The molecule has 3 heterocycles. The highest BCUT2D eigenvalue weighted by atomic mass is 16.2. The Balaban J connectivity index is 1.32. The number of H-pyrrole nitrogens is 1. The molecule has 0 saturated carbocycles. The van der Waals surface area contributed by atoms with Gasteiger partial charge < -0.3 is 20.5 Å². The Kier molecular flexibility index (Phi) is 6.18. The van der Waals surface area contributed by atoms with Crippen molar-refractivity contribution >= 4 is 34.1 Å². The molecule has 172 valence electrons. The van der Waals surface area contributed by atoms with E-state index in [4.69, 9.17) is 0 Å². The molecular formula is C27H32N4O2. The number of benzene rings is 2. The molecule has 0 aliphatic carbocycles. The van der Waals surface area contributed by atoms with Crippen LogP contribution >= 0.6 is 0 Å². The topological polar surface area (TPSA) is 77.2 Å². The van der Waals surface area contributed by atoms with Gasteiger partial charge in [0.1, 0.15) is 0 Å². The molecular weight excluding hydrogens is 412 g/mol. The fourth-order valence-electron chi connectivity index (χ4n) is 5.54. The summed E-state index contributed by atoms with van der Waals surface area (Å²) in [4.78, 5) is 31.0. The van der Waals surface area contributed by atoms with Gasteiger partial charge in [0.25, 0.3) is 0 Å². The van der Waals surface area contributed by atoms with Gasteiger partial charge in [0.15, 0.2) is 5.78 Å². The molecule has 33 heavy (non-hydrogen) atoms. The number of carbonyl (C=O) groups is 2. The first-order valence-corrected chi connectivity index (χ1v) is 12.2. The molecule has 2 aliphatic heterocycles. The summed E-state index contributed by atoms with van der Waals surface area (Å²) >= 11 is 0. The predicted molar refractivity (Wildman–Crippen MR) is 133 cm³/mol. The number of hydrogen-bond acceptors (Lipinski definition) is 3. The molecule has 6 nitrogen and oxygen atoms in total. The molecule has 2 atom stereocenters. The smallest absolute Gasteiger partial charge is 0.323 e. The summed E-state index contributed by atoms with van der Waals surface area (Å²) in [5.41, 5.74) is 4.27. The normalized spacial score (nSPS) is 20.9. The molecule has 5 rings (SSSR count). The lowest BCUT2D eigenvalue weighted by atomic mass is 9.82. The van der Waals surface area contributed by atoms with Crippen molar-refractivity contribution < 1.29 is 9.59 Å². The van der Waals surface area contributed by atoms with Crippen molar-refractivity contribution in [1.82, 2.24) is 9.88 Å². The summed E-state index contributed by atoms with van der Waals surface area (Å²) in [6.07, 6.45) is 8.95. The van der Waals surface area contributed by atoms with Gasteiger partial charge in [0.05, 0.1) is 5.69 Å². The summed E-state index contributed by atoms with van der Waals surface area (Å²) in [6, 6.07) is 13.5. The van der Waals surface area contributed by atoms with E-state index in [-0.39, 0.29) is 11.8 Å². The fourth-order valence-corrected chi connectivity index (χ4v) is 5.54. The van der Waals surface area contributed by atoms with Crippen molar-refractivity contribution in [2.45, 2.75) is 57.4 Å². The second-order valence-corrected chi connectivity index (χ2v) is 9.31. The number of anilines is 2. The highest BCUT2D eigenvalue weighted by molar-refractivity contribution is 6.07. The van der Waals surface area contributed by atoms with E-state index in [9.17, 15) is 9.59 Å². The monoisotopic (exact) mass is 444 g/mol. The van der Waals surface area contributed by atoms with E-state index in [1.54, 1.807) is 12.1 Å². The third-order valence-corrected chi connectivity index (χ3v) is 7.28. The van der Waals surface area contributed by atoms with Crippen LogP contribution in [0.1, 0.15) is 67.3 Å². The van der Waals surface area contributed by atoms with Crippen LogP contribution in [0.3, 0.4) is 0 Å². The van der Waals surface area contributed by atoms with Gasteiger partial charge in [0, 0.05) is 40.8 Å². The Morgan fingerprint density at radius 2 is 1.94 bits per heavy atom. The first-order chi connectivity index (χ1) is 16.1. The van der Waals surface area contributed by atoms with Crippen molar-refractivity contribution in [2.24, 2.45) is 0 Å². The van der Waals surface area contributed by atoms with E-state index < -0.39 is 0 Å². The zero-order valence-corrected chi connectivity index (χ0v) is 19.2. The van der Waals surface area contributed by atoms with Crippen LogP contribution in [0.4, 0.5) is 16.2 Å². The second kappa shape index (κ2) is 9.40. The number of para-hydroxylation sites is 1. The predicted octanol–water partition coefficient (Wildman–Crippen LogP) is 6.14. The Hall–Kier alpha value is -3.12. The molecule has 0 spiro atoms. The van der Waals surface area contributed by atoms with Crippen molar-refractivity contribution in [3.8, 4) is 0 Å². The highest BCUT2D eigenvalue weighted by Gasteiger charge is 2.31. The number of ketones is 1. The summed E-state index contributed by atoms with van der Waals surface area (Å²) in [7, 11) is 0. The van der Waals surface area contributed by atoms with E-state index in [1.807, 2.05) is 31.2 Å². The molecule has 2 saturated heterocycles. The van der Waals surface area contributed by atoms with Crippen LogP contribution in [0.25, 0.3) is 10.9 Å². The Morgan fingerprint density at radius 1 is 1.06 bits per heavy atom. The summed E-state index contributed by atoms with van der Waals surface area (Å²) < 4.78 is 0. The molecule has 2 aliphatic rings. The zero-order chi connectivity index (χ0) is 22.8. The van der Waals surface area contributed by atoms with E-state index in [0.717, 1.165) is 11.2 Å². The van der Waals surface area contributed by atoms with Crippen LogP contribution < -0.4 is 10.6 Å². The maximum absolute atomic E-state index is 12.7. The first kappa shape index (κ1) is 21.7. The zero-order valence-electron chi connectivity index (χ0n) is 19.2. The maximum atomic E-state index is 12.7. The maximum Gasteiger partial charge on any atom is 0.323 e. The lowest BCUT2D eigenvalue weighted by molar-refractivity contribution is 0.0977. The standard InChI is InChI=1S/C27H32N4O2/c1-2-26(32)21-8-3-4-9-25(21)30-27(33)29-19-10-11-24-22(16-19)23(17-28-24)18-12-14-31-13-6-5-7-20(31)15-18/h3-4,8-11,16-18,20,28H,2,5-7,12-15H2,1H3,(H2,29,30,33). The third kappa shape index (κ3) is 4.53. The average Bonchev–Trinajstić information content (AvgIpc) is 3.27. The minimum Gasteiger partial charge on any atom is -0.361 e. The third-order valence-electron chi connectivity index (χ3n) is 7.28. The molecule has 3 N–H and O–H groups in total. The van der Waals surface area contributed by atoms with Crippen molar-refractivity contribution in [1.29, 1.82) is 0 Å². The van der Waals surface area contributed by atoms with Gasteiger partial charge in [-0.1, -0.05) is 25.5 Å². The number of aromatic nitrogens is 1. The summed E-state index contributed by atoms with van der Waals surface area (Å²) in [5.74, 6) is 0.558. The first-order valence-electron chi connectivity index (χ1n) is 12.2. The molecule has 2 unspecified atom stereocenters. The second-order valence-electron chi connectivity index (χ2n) is 9.31. The number of fused-ring (bicyclic) bond motifs is 2. The summed E-state index contributed by atoms with van der Waals surface area (Å²) in [5, 5.41) is 6.97. The van der Waals surface area contributed by atoms with Crippen LogP contribution in [0.5, 0.6) is 0 Å². The molecule has 0 radical (unpaired) electrons. The van der Waals surface area contributed by atoms with Gasteiger partial charge >= 0.3 is 6.03 Å². The molecule has 2 aromatic carbocycles. The number of piperidine rings is 2. The van der Waals surface area contributed by atoms with Crippen LogP contribution in [-0.4, -0.2) is 40.8 Å². The van der Waals surface area contributed by atoms with Gasteiger partial charge in [-0.05, 0) is 80.6 Å². The van der Waals surface area contributed by atoms with Crippen molar-refractivity contribution in [3.63, 3.8) is 0 Å². The van der Waals surface area contributed by atoms with Gasteiger partial charge in [-0.15, -0.1) is 0 Å². The Bertz CT molecular complexity index is 1170. The van der Waals surface area contributed by atoms with Crippen LogP contribution in [0, 0.1) is 0 Å². The number of nitrogens with zero attached hydrogens (tertiary/aromatic N) is 1. The minimum absolute atomic E-state index is 0.00768. The summed E-state index contributed by atoms with van der Waals surface area (Å²) in [6.45, 7) is 4.25. The van der Waals surface area contributed by atoms with Gasteiger partial charge in [0.2, 0.25) is 0 Å². The number of amides is 2. The van der Waals surface area contributed by atoms with Gasteiger partial charge in [-0.25, -0.2) is 4.79 Å². The highest BCUT2D eigenvalue weighted by Crippen LogP contribution is 2.38. The van der Waals surface area contributed by atoms with E-state index in [1.165, 1.54) is 56.1 Å². The number of Topliss-reactive ketones (excluding diaryl/α,β-unsaturated/α-hetero) is 1. The molecule has 2 fully saturated rings. The van der Waals surface area contributed by atoms with E-state index in [2.05, 4.69) is 32.8 Å². The van der Waals surface area contributed by atoms with E-state index >= 15 is 0 Å². The lowest BCUT2D eigenvalue weighted by Crippen LogP contribution is -2.44. The Labute approximate surface area is 194 Å². The molecule has 2 amide bonds. The average molecular weight is 445 g/mol. The fraction of sp³-hybridized carbons (Fsp3) is 0.407. The van der Waals surface area contributed by atoms with E-state index in [0.29, 0.717) is 29.6 Å². The van der Waals surface area contributed by atoms with Gasteiger partial charge in [-0.2, -0.15) is 0 Å². The van der Waals surface area contributed by atoms with Crippen LogP contribution in [-0.2, 0) is 0 Å². The van der Waals surface area contributed by atoms with Gasteiger partial charge in [-0.3, -0.25) is 4.79 Å². The van der Waals surface area contributed by atoms with Crippen LogP contribution in [0.2, 0.25) is 0 Å². The molecule has 0 bridgehead atoms. The quantitative estimate of drug-likeness (QED) is 0.414. The van der Waals surface area contributed by atoms with Crippen molar-refractivity contribution in [3.05, 3.63) is 59.8 Å². The largest absolute Gasteiger partial charge is 0.361 e. The number of nitrogens with one attached hydrogen (secondary N) is 3. The Morgan fingerprint density at radius 3 is 2.82 bits per heavy atom. The minimum atomic E-state index is -0.349. The number of urea groups is 1. The lowest BCUT2D eigenvalue weighted by Gasteiger charge is -2.42. The SMILES string of the molecule is CCC(=O)c1ccccc1NC(=O)Nc1ccc2[nH]cc(C3CCN4CCCCC4C3)c2c1. The molecule has 3 aromatic rings. The molecule has 1 aromatic heterocycles. The molecule has 6 heteroatoms. The number of carbonyl (C=O) groups excluding carboxylic acids is 2. The number of aromatic amines is 1.